The van der Waals surface area contributed by atoms with Gasteiger partial charge in [0.1, 0.15) is 10.5 Å². The van der Waals surface area contributed by atoms with Crippen molar-refractivity contribution in [1.82, 2.24) is 4.90 Å². The van der Waals surface area contributed by atoms with Gasteiger partial charge in [-0.1, -0.05) is 18.2 Å². The van der Waals surface area contributed by atoms with Crippen LogP contribution in [0.1, 0.15) is 61.5 Å². The first-order valence-electron chi connectivity index (χ1n) is 12.7. The average molecular weight is 530 g/mol. The van der Waals surface area contributed by atoms with Crippen LogP contribution in [0.5, 0.6) is 0 Å². The Morgan fingerprint density at radius 1 is 1.08 bits per heavy atom. The number of aryl methyl sites for hydroxylation is 1. The van der Waals surface area contributed by atoms with Gasteiger partial charge in [0.2, 0.25) is 0 Å². The number of hydrogen-bond acceptors (Lipinski definition) is 6. The van der Waals surface area contributed by atoms with E-state index >= 15 is 0 Å². The van der Waals surface area contributed by atoms with Gasteiger partial charge in [-0.2, -0.15) is 0 Å². The highest BCUT2D eigenvalue weighted by Gasteiger charge is 2.30. The molecule has 3 N–H and O–H groups in total. The standard InChI is InChI=1S/C27H35N3O6S/c1-27(2,3)36-26(33)30-15-14-18(17-30)16-28-21-10-6-7-11-23(21)37(34,35)29-22-13-12-19-8-4-5-9-20(19)24(22)25(31)32/h6-7,10-13,18,28-29H,4-5,8-9,14-17H2,1-3H3,(H,31,32). The minimum Gasteiger partial charge on any atom is -0.478 e. The molecule has 1 unspecified atom stereocenters. The second-order valence-corrected chi connectivity index (χ2v) is 12.4. The Hall–Kier alpha value is -3.27. The maximum Gasteiger partial charge on any atom is 0.410 e. The van der Waals surface area contributed by atoms with Gasteiger partial charge in [-0.15, -0.1) is 0 Å². The Kier molecular flexibility index (Phi) is 7.68. The van der Waals surface area contributed by atoms with Crippen molar-refractivity contribution in [2.24, 2.45) is 5.92 Å². The number of carbonyl (C=O) groups excluding carboxylic acids is 1. The van der Waals surface area contributed by atoms with Gasteiger partial charge < -0.3 is 20.1 Å². The number of sulfonamides is 1. The summed E-state index contributed by atoms with van der Waals surface area (Å²) in [5.74, 6) is -1.01. The van der Waals surface area contributed by atoms with Crippen LogP contribution in [0, 0.1) is 5.92 Å². The van der Waals surface area contributed by atoms with Gasteiger partial charge in [0.05, 0.1) is 16.9 Å². The predicted octanol–water partition coefficient (Wildman–Crippen LogP) is 4.73. The Bertz CT molecular complexity index is 1290. The van der Waals surface area contributed by atoms with Crippen LogP contribution in [0.2, 0.25) is 0 Å². The SMILES string of the molecule is CC(C)(C)OC(=O)N1CCC(CNc2ccccc2S(=O)(=O)Nc2ccc3c(c2C(=O)O)CCCC3)C1. The molecule has 2 aromatic rings. The monoisotopic (exact) mass is 529 g/mol. The average Bonchev–Trinajstić information content (AvgIpc) is 3.31. The highest BCUT2D eigenvalue weighted by Crippen LogP contribution is 2.32. The highest BCUT2D eigenvalue weighted by molar-refractivity contribution is 7.92. The lowest BCUT2D eigenvalue weighted by atomic mass is 9.87. The molecule has 1 aliphatic heterocycles. The fraction of sp³-hybridized carbons (Fsp3) is 0.481. The number of ether oxygens (including phenoxy) is 1. The minimum atomic E-state index is -4.08. The maximum atomic E-state index is 13.4. The van der Waals surface area contributed by atoms with E-state index in [0.717, 1.165) is 31.2 Å². The van der Waals surface area contributed by atoms with E-state index in [-0.39, 0.29) is 28.2 Å². The van der Waals surface area contributed by atoms with Crippen molar-refractivity contribution in [2.75, 3.05) is 29.7 Å². The number of rotatable bonds is 7. The van der Waals surface area contributed by atoms with Crippen molar-refractivity contribution in [3.8, 4) is 0 Å². The fourth-order valence-corrected chi connectivity index (χ4v) is 6.21. The number of nitrogens with zero attached hydrogens (tertiary/aromatic N) is 1. The molecule has 0 aromatic heterocycles. The van der Waals surface area contributed by atoms with Gasteiger partial charge in [-0.25, -0.2) is 18.0 Å². The maximum absolute atomic E-state index is 13.4. The van der Waals surface area contributed by atoms with E-state index in [1.807, 2.05) is 26.8 Å². The van der Waals surface area contributed by atoms with E-state index in [1.165, 1.54) is 6.07 Å². The van der Waals surface area contributed by atoms with E-state index in [2.05, 4.69) is 10.0 Å². The summed E-state index contributed by atoms with van der Waals surface area (Å²) in [6.45, 7) is 7.06. The molecule has 0 spiro atoms. The molecular weight excluding hydrogens is 494 g/mol. The summed E-state index contributed by atoms with van der Waals surface area (Å²) in [7, 11) is -4.08. The summed E-state index contributed by atoms with van der Waals surface area (Å²) in [6, 6.07) is 9.91. The summed E-state index contributed by atoms with van der Waals surface area (Å²) in [6.07, 6.45) is 3.71. The molecule has 1 saturated heterocycles. The van der Waals surface area contributed by atoms with Gasteiger partial charge in [0.25, 0.3) is 10.0 Å². The molecule has 1 heterocycles. The van der Waals surface area contributed by atoms with E-state index in [9.17, 15) is 23.1 Å². The van der Waals surface area contributed by atoms with Gasteiger partial charge in [-0.3, -0.25) is 4.72 Å². The van der Waals surface area contributed by atoms with Crippen LogP contribution in [0.4, 0.5) is 16.2 Å². The van der Waals surface area contributed by atoms with Crippen molar-refractivity contribution in [1.29, 1.82) is 0 Å². The lowest BCUT2D eigenvalue weighted by molar-refractivity contribution is 0.0288. The predicted molar refractivity (Wildman–Crippen MR) is 142 cm³/mol. The second-order valence-electron chi connectivity index (χ2n) is 10.7. The van der Waals surface area contributed by atoms with Crippen LogP contribution in [0.3, 0.4) is 0 Å². The number of hydrogen-bond donors (Lipinski definition) is 3. The molecule has 37 heavy (non-hydrogen) atoms. The third kappa shape index (κ3) is 6.36. The van der Waals surface area contributed by atoms with Crippen LogP contribution in [0.25, 0.3) is 0 Å². The molecular formula is C27H35N3O6S. The summed E-state index contributed by atoms with van der Waals surface area (Å²) >= 11 is 0. The molecule has 2 aromatic carbocycles. The number of likely N-dealkylation sites (tertiary alicyclic amines) is 1. The Morgan fingerprint density at radius 2 is 1.81 bits per heavy atom. The number of carboxylic acid groups (broad SMARTS) is 1. The van der Waals surface area contributed by atoms with Crippen LogP contribution in [-0.2, 0) is 27.6 Å². The quantitative estimate of drug-likeness (QED) is 0.473. The van der Waals surface area contributed by atoms with Crippen LogP contribution >= 0.6 is 0 Å². The van der Waals surface area contributed by atoms with Crippen LogP contribution < -0.4 is 10.0 Å². The number of amides is 1. The van der Waals surface area contributed by atoms with Crippen LogP contribution in [0.15, 0.2) is 41.3 Å². The van der Waals surface area contributed by atoms with Gasteiger partial charge in [-0.05, 0) is 88.1 Å². The Balaban J connectivity index is 1.48. The zero-order valence-electron chi connectivity index (χ0n) is 21.5. The molecule has 9 nitrogen and oxygen atoms in total. The smallest absolute Gasteiger partial charge is 0.410 e. The lowest BCUT2D eigenvalue weighted by Gasteiger charge is -2.24. The van der Waals surface area contributed by atoms with E-state index in [1.54, 1.807) is 29.2 Å². The number of carboxylic acids is 1. The van der Waals surface area contributed by atoms with Crippen molar-refractivity contribution < 1.29 is 27.9 Å². The third-order valence-electron chi connectivity index (χ3n) is 6.69. The van der Waals surface area contributed by atoms with E-state index in [4.69, 9.17) is 4.74 Å². The third-order valence-corrected chi connectivity index (χ3v) is 8.11. The molecule has 1 amide bonds. The molecule has 200 valence electrons. The number of anilines is 2. The van der Waals surface area contributed by atoms with E-state index < -0.39 is 21.6 Å². The summed E-state index contributed by atoms with van der Waals surface area (Å²) < 4.78 is 34.8. The normalized spacial score (nSPS) is 17.7. The zero-order chi connectivity index (χ0) is 26.8. The molecule has 2 aliphatic rings. The highest BCUT2D eigenvalue weighted by atomic mass is 32.2. The van der Waals surface area contributed by atoms with Crippen LogP contribution in [-0.4, -0.2) is 55.7 Å². The number of nitrogens with one attached hydrogen (secondary N) is 2. The molecule has 0 bridgehead atoms. The molecule has 10 heteroatoms. The van der Waals surface area contributed by atoms with Crippen molar-refractivity contribution in [3.05, 3.63) is 53.1 Å². The lowest BCUT2D eigenvalue weighted by Crippen LogP contribution is -2.35. The fourth-order valence-electron chi connectivity index (χ4n) is 4.95. The number of aromatic carboxylic acids is 1. The number of para-hydroxylation sites is 1. The first-order valence-corrected chi connectivity index (χ1v) is 14.1. The van der Waals surface area contributed by atoms with Gasteiger partial charge in [0, 0.05) is 19.6 Å². The molecule has 1 fully saturated rings. The Morgan fingerprint density at radius 3 is 2.54 bits per heavy atom. The topological polar surface area (TPSA) is 125 Å². The second kappa shape index (κ2) is 10.6. The van der Waals surface area contributed by atoms with Gasteiger partial charge >= 0.3 is 12.1 Å². The molecule has 1 atom stereocenters. The van der Waals surface area contributed by atoms with Gasteiger partial charge in [0.15, 0.2) is 0 Å². The molecule has 0 saturated carbocycles. The Labute approximate surface area is 218 Å². The largest absolute Gasteiger partial charge is 0.478 e. The minimum absolute atomic E-state index is 0.0272. The van der Waals surface area contributed by atoms with Crippen molar-refractivity contribution >= 4 is 33.5 Å². The first kappa shape index (κ1) is 26.8. The first-order chi connectivity index (χ1) is 17.4. The molecule has 4 rings (SSSR count). The van der Waals surface area contributed by atoms with E-state index in [0.29, 0.717) is 37.3 Å². The molecule has 1 aliphatic carbocycles. The summed E-state index contributed by atoms with van der Waals surface area (Å²) in [5.41, 5.74) is 1.63. The van der Waals surface area contributed by atoms with Crippen molar-refractivity contribution in [3.63, 3.8) is 0 Å². The summed E-state index contributed by atoms with van der Waals surface area (Å²) in [4.78, 5) is 26.2. The van der Waals surface area contributed by atoms with Crippen molar-refractivity contribution in [2.45, 2.75) is 63.4 Å². The number of carbonyl (C=O) groups is 2. The number of fused-ring (bicyclic) bond motifs is 1. The summed E-state index contributed by atoms with van der Waals surface area (Å²) in [5, 5.41) is 13.1. The zero-order valence-corrected chi connectivity index (χ0v) is 22.4. The molecule has 0 radical (unpaired) electrons. The number of benzene rings is 2.